The second-order valence-corrected chi connectivity index (χ2v) is 4.84. The average molecular weight is 243 g/mol. The lowest BCUT2D eigenvalue weighted by atomic mass is 10.2. The number of hydrogen-bond donors (Lipinski definition) is 1. The molecule has 0 spiro atoms. The van der Waals surface area contributed by atoms with Gasteiger partial charge in [-0.15, -0.1) is 0 Å². The summed E-state index contributed by atoms with van der Waals surface area (Å²) >= 11 is 5.74. The van der Waals surface area contributed by atoms with Gasteiger partial charge in [0.2, 0.25) is 0 Å². The number of likely N-dealkylation sites (tertiary alicyclic amines) is 1. The molecule has 2 N–H and O–H groups in total. The van der Waals surface area contributed by atoms with E-state index in [1.165, 1.54) is 25.7 Å². The quantitative estimate of drug-likeness (QED) is 0.886. The van der Waals surface area contributed by atoms with Crippen LogP contribution in [-0.4, -0.2) is 24.5 Å². The van der Waals surface area contributed by atoms with Crippen LogP contribution < -0.4 is 5.73 Å². The molecule has 0 saturated carbocycles. The van der Waals surface area contributed by atoms with Crippen molar-refractivity contribution in [1.82, 2.24) is 4.90 Å². The van der Waals surface area contributed by atoms with E-state index < -0.39 is 0 Å². The van der Waals surface area contributed by atoms with E-state index in [1.807, 2.05) is 6.07 Å². The lowest BCUT2D eigenvalue weighted by Gasteiger charge is -2.22. The van der Waals surface area contributed by atoms with Gasteiger partial charge < -0.3 is 15.1 Å². The predicted molar refractivity (Wildman–Crippen MR) is 65.6 cm³/mol. The van der Waals surface area contributed by atoms with E-state index in [9.17, 15) is 0 Å². The van der Waals surface area contributed by atoms with Crippen LogP contribution in [0.15, 0.2) is 16.5 Å². The van der Waals surface area contributed by atoms with Gasteiger partial charge in [-0.05, 0) is 49.7 Å². The molecule has 0 bridgehead atoms. The van der Waals surface area contributed by atoms with Gasteiger partial charge in [-0.1, -0.05) is 12.8 Å². The van der Waals surface area contributed by atoms with Crippen LogP contribution in [0.3, 0.4) is 0 Å². The third-order valence-corrected chi connectivity index (χ3v) is 3.32. The van der Waals surface area contributed by atoms with Gasteiger partial charge in [-0.25, -0.2) is 0 Å². The lowest BCUT2D eigenvalue weighted by molar-refractivity contribution is 0.256. The van der Waals surface area contributed by atoms with Gasteiger partial charge in [0.15, 0.2) is 5.22 Å². The molecule has 1 aromatic heterocycles. The summed E-state index contributed by atoms with van der Waals surface area (Å²) < 4.78 is 5.33. The highest BCUT2D eigenvalue weighted by molar-refractivity contribution is 6.28. The molecule has 1 aromatic rings. The van der Waals surface area contributed by atoms with Crippen LogP contribution in [0.4, 0.5) is 0 Å². The Labute approximate surface area is 102 Å². The SMILES string of the molecule is NC(CN1CCCCCC1)c1ccc(Cl)o1. The van der Waals surface area contributed by atoms with Crippen molar-refractivity contribution in [2.45, 2.75) is 31.7 Å². The summed E-state index contributed by atoms with van der Waals surface area (Å²) in [4.78, 5) is 2.42. The summed E-state index contributed by atoms with van der Waals surface area (Å²) in [6, 6.07) is 3.55. The van der Waals surface area contributed by atoms with Crippen molar-refractivity contribution in [3.05, 3.63) is 23.1 Å². The van der Waals surface area contributed by atoms with Crippen LogP contribution >= 0.6 is 11.6 Å². The van der Waals surface area contributed by atoms with E-state index in [4.69, 9.17) is 21.8 Å². The molecule has 1 aliphatic heterocycles. The van der Waals surface area contributed by atoms with Gasteiger partial charge in [0.05, 0.1) is 6.04 Å². The van der Waals surface area contributed by atoms with Gasteiger partial charge in [0.1, 0.15) is 5.76 Å². The minimum absolute atomic E-state index is 0.0643. The standard InChI is InChI=1S/C12H19ClN2O/c13-12-6-5-11(16-12)10(14)9-15-7-3-1-2-4-8-15/h5-6,10H,1-4,7-9,14H2. The molecule has 0 aromatic carbocycles. The highest BCUT2D eigenvalue weighted by Crippen LogP contribution is 2.20. The van der Waals surface area contributed by atoms with E-state index in [-0.39, 0.29) is 6.04 Å². The minimum Gasteiger partial charge on any atom is -0.448 e. The van der Waals surface area contributed by atoms with Crippen molar-refractivity contribution in [3.63, 3.8) is 0 Å². The highest BCUT2D eigenvalue weighted by Gasteiger charge is 2.16. The fourth-order valence-corrected chi connectivity index (χ4v) is 2.37. The zero-order valence-corrected chi connectivity index (χ0v) is 10.2. The molecule has 3 nitrogen and oxygen atoms in total. The summed E-state index contributed by atoms with van der Waals surface area (Å²) in [5, 5.41) is 0.418. The average Bonchev–Trinajstić information content (AvgIpc) is 2.54. The molecular formula is C12H19ClN2O. The van der Waals surface area contributed by atoms with Crippen molar-refractivity contribution >= 4 is 11.6 Å². The Kier molecular flexibility index (Phi) is 4.27. The molecule has 4 heteroatoms. The van der Waals surface area contributed by atoms with Crippen LogP contribution in [0.1, 0.15) is 37.5 Å². The largest absolute Gasteiger partial charge is 0.448 e. The topological polar surface area (TPSA) is 42.4 Å². The second kappa shape index (κ2) is 5.71. The van der Waals surface area contributed by atoms with Gasteiger partial charge >= 0.3 is 0 Å². The maximum atomic E-state index is 6.10. The molecule has 2 heterocycles. The first-order valence-corrected chi connectivity index (χ1v) is 6.36. The third-order valence-electron chi connectivity index (χ3n) is 3.11. The van der Waals surface area contributed by atoms with Crippen LogP contribution in [0.2, 0.25) is 5.22 Å². The van der Waals surface area contributed by atoms with Crippen LogP contribution in [0, 0.1) is 0 Å². The molecule has 0 aliphatic carbocycles. The Bertz CT molecular complexity index is 319. The normalized spacial score (nSPS) is 20.6. The highest BCUT2D eigenvalue weighted by atomic mass is 35.5. The molecule has 16 heavy (non-hydrogen) atoms. The predicted octanol–water partition coefficient (Wildman–Crippen LogP) is 2.81. The number of halogens is 1. The molecule has 1 atom stereocenters. The third kappa shape index (κ3) is 3.24. The van der Waals surface area contributed by atoms with E-state index in [2.05, 4.69) is 4.90 Å². The number of nitrogens with zero attached hydrogens (tertiary/aromatic N) is 1. The zero-order chi connectivity index (χ0) is 11.4. The van der Waals surface area contributed by atoms with E-state index in [0.29, 0.717) is 5.22 Å². The number of furan rings is 1. The van der Waals surface area contributed by atoms with E-state index >= 15 is 0 Å². The van der Waals surface area contributed by atoms with Gasteiger partial charge in [0, 0.05) is 6.54 Å². The first-order valence-electron chi connectivity index (χ1n) is 5.99. The van der Waals surface area contributed by atoms with Gasteiger partial charge in [-0.3, -0.25) is 0 Å². The Morgan fingerprint density at radius 2 is 1.94 bits per heavy atom. The van der Waals surface area contributed by atoms with Crippen molar-refractivity contribution < 1.29 is 4.42 Å². The summed E-state index contributed by atoms with van der Waals surface area (Å²) in [5.41, 5.74) is 6.10. The maximum Gasteiger partial charge on any atom is 0.193 e. The molecule has 1 unspecified atom stereocenters. The summed E-state index contributed by atoms with van der Waals surface area (Å²) in [6.07, 6.45) is 5.26. The second-order valence-electron chi connectivity index (χ2n) is 4.46. The molecule has 1 fully saturated rings. The summed E-state index contributed by atoms with van der Waals surface area (Å²) in [6.45, 7) is 3.17. The van der Waals surface area contributed by atoms with Crippen molar-refractivity contribution in [1.29, 1.82) is 0 Å². The molecular weight excluding hydrogens is 224 g/mol. The fourth-order valence-electron chi connectivity index (χ4n) is 2.21. The molecule has 90 valence electrons. The molecule has 1 saturated heterocycles. The zero-order valence-electron chi connectivity index (χ0n) is 9.49. The smallest absolute Gasteiger partial charge is 0.193 e. The van der Waals surface area contributed by atoms with Crippen molar-refractivity contribution in [2.24, 2.45) is 5.73 Å². The van der Waals surface area contributed by atoms with Crippen molar-refractivity contribution in [2.75, 3.05) is 19.6 Å². The van der Waals surface area contributed by atoms with E-state index in [0.717, 1.165) is 25.4 Å². The van der Waals surface area contributed by atoms with Gasteiger partial charge in [-0.2, -0.15) is 0 Å². The fraction of sp³-hybridized carbons (Fsp3) is 0.667. The Balaban J connectivity index is 1.88. The minimum atomic E-state index is -0.0643. The number of hydrogen-bond acceptors (Lipinski definition) is 3. The first kappa shape index (κ1) is 12.0. The first-order chi connectivity index (χ1) is 7.75. The van der Waals surface area contributed by atoms with E-state index in [1.54, 1.807) is 6.07 Å². The maximum absolute atomic E-state index is 6.10. The van der Waals surface area contributed by atoms with Crippen LogP contribution in [0.5, 0.6) is 0 Å². The molecule has 2 rings (SSSR count). The van der Waals surface area contributed by atoms with Crippen LogP contribution in [-0.2, 0) is 0 Å². The summed E-state index contributed by atoms with van der Waals surface area (Å²) in [5.74, 6) is 0.786. The summed E-state index contributed by atoms with van der Waals surface area (Å²) in [7, 11) is 0. The monoisotopic (exact) mass is 242 g/mol. The molecule has 0 radical (unpaired) electrons. The Hall–Kier alpha value is -0.510. The van der Waals surface area contributed by atoms with Crippen LogP contribution in [0.25, 0.3) is 0 Å². The number of nitrogens with two attached hydrogens (primary N) is 1. The molecule has 1 aliphatic rings. The van der Waals surface area contributed by atoms with Gasteiger partial charge in [0.25, 0.3) is 0 Å². The van der Waals surface area contributed by atoms with Crippen molar-refractivity contribution in [3.8, 4) is 0 Å². The Morgan fingerprint density at radius 3 is 2.50 bits per heavy atom. The lowest BCUT2D eigenvalue weighted by Crippen LogP contribution is -2.32. The Morgan fingerprint density at radius 1 is 1.25 bits per heavy atom. The molecule has 0 amide bonds. The number of rotatable bonds is 3.